The van der Waals surface area contributed by atoms with E-state index in [0.717, 1.165) is 17.8 Å². The molecule has 22 heavy (non-hydrogen) atoms. The highest BCUT2D eigenvalue weighted by Crippen LogP contribution is 2.29. The lowest BCUT2D eigenvalue weighted by molar-refractivity contribution is 0.102. The average molecular weight is 299 g/mol. The Labute approximate surface area is 132 Å². The first kappa shape index (κ1) is 16.3. The average Bonchev–Trinajstić information content (AvgIpc) is 2.77. The molecule has 2 aromatic rings. The molecule has 0 saturated heterocycles. The van der Waals surface area contributed by atoms with E-state index in [-0.39, 0.29) is 5.91 Å². The summed E-state index contributed by atoms with van der Waals surface area (Å²) >= 11 is 0. The first-order valence-corrected chi connectivity index (χ1v) is 7.79. The highest BCUT2D eigenvalue weighted by molar-refractivity contribution is 6.05. The van der Waals surface area contributed by atoms with E-state index in [9.17, 15) is 4.79 Å². The molecule has 0 aliphatic rings. The van der Waals surface area contributed by atoms with E-state index in [2.05, 4.69) is 37.3 Å². The second-order valence-corrected chi connectivity index (χ2v) is 6.37. The smallest absolute Gasteiger partial charge is 0.259 e. The van der Waals surface area contributed by atoms with E-state index in [1.165, 1.54) is 5.56 Å². The van der Waals surface area contributed by atoms with Gasteiger partial charge in [-0.1, -0.05) is 39.0 Å². The van der Waals surface area contributed by atoms with Gasteiger partial charge in [-0.05, 0) is 36.8 Å². The van der Waals surface area contributed by atoms with E-state index in [4.69, 9.17) is 0 Å². The molecule has 1 atom stereocenters. The van der Waals surface area contributed by atoms with Crippen LogP contribution in [0.5, 0.6) is 0 Å². The third kappa shape index (κ3) is 3.75. The lowest BCUT2D eigenvalue weighted by Gasteiger charge is -2.18. The Morgan fingerprint density at radius 1 is 1.27 bits per heavy atom. The molecule has 0 aliphatic heterocycles. The Bertz CT molecular complexity index is 658. The van der Waals surface area contributed by atoms with Crippen LogP contribution in [-0.2, 0) is 7.05 Å². The first-order valence-electron chi connectivity index (χ1n) is 7.79. The molecule has 1 heterocycles. The second-order valence-electron chi connectivity index (χ2n) is 6.37. The summed E-state index contributed by atoms with van der Waals surface area (Å²) in [6.45, 7) is 8.50. The van der Waals surface area contributed by atoms with Crippen molar-refractivity contribution < 1.29 is 4.79 Å². The number of carbonyl (C=O) groups is 1. The normalized spacial score (nSPS) is 12.5. The van der Waals surface area contributed by atoms with Crippen LogP contribution >= 0.6 is 0 Å². The van der Waals surface area contributed by atoms with Gasteiger partial charge in [-0.3, -0.25) is 9.48 Å². The zero-order valence-corrected chi connectivity index (χ0v) is 14.1. The quantitative estimate of drug-likeness (QED) is 0.902. The van der Waals surface area contributed by atoms with Gasteiger partial charge in [-0.2, -0.15) is 5.10 Å². The van der Waals surface area contributed by atoms with Gasteiger partial charge >= 0.3 is 0 Å². The first-order chi connectivity index (χ1) is 10.4. The molecule has 1 aromatic carbocycles. The molecular weight excluding hydrogens is 274 g/mol. The van der Waals surface area contributed by atoms with Gasteiger partial charge in [0.25, 0.3) is 5.91 Å². The molecule has 1 unspecified atom stereocenters. The summed E-state index contributed by atoms with van der Waals surface area (Å²) in [7, 11) is 1.82. The topological polar surface area (TPSA) is 46.9 Å². The number of hydrogen-bond donors (Lipinski definition) is 1. The Morgan fingerprint density at radius 3 is 2.55 bits per heavy atom. The van der Waals surface area contributed by atoms with Crippen LogP contribution in [0.15, 0.2) is 30.5 Å². The van der Waals surface area contributed by atoms with Crippen molar-refractivity contribution in [2.45, 2.75) is 40.0 Å². The predicted molar refractivity (Wildman–Crippen MR) is 90.2 cm³/mol. The summed E-state index contributed by atoms with van der Waals surface area (Å²) in [5.41, 5.74) is 3.44. The molecule has 0 spiro atoms. The van der Waals surface area contributed by atoms with E-state index in [1.54, 1.807) is 10.9 Å². The van der Waals surface area contributed by atoms with Crippen LogP contribution in [0.1, 0.15) is 54.7 Å². The number of aryl methyl sites for hydroxylation is 2. The fourth-order valence-electron chi connectivity index (χ4n) is 2.89. The summed E-state index contributed by atoms with van der Waals surface area (Å²) in [6.07, 6.45) is 2.85. The van der Waals surface area contributed by atoms with Gasteiger partial charge in [-0.25, -0.2) is 0 Å². The maximum atomic E-state index is 12.5. The maximum Gasteiger partial charge on any atom is 0.259 e. The summed E-state index contributed by atoms with van der Waals surface area (Å²) in [4.78, 5) is 12.5. The minimum Gasteiger partial charge on any atom is -0.322 e. The molecule has 0 fully saturated rings. The number of benzene rings is 1. The van der Waals surface area contributed by atoms with Crippen molar-refractivity contribution in [2.24, 2.45) is 13.0 Å². The van der Waals surface area contributed by atoms with E-state index in [0.29, 0.717) is 17.4 Å². The highest BCUT2D eigenvalue weighted by atomic mass is 16.1. The minimum absolute atomic E-state index is 0.102. The number of nitrogens with zero attached hydrogens (tertiary/aromatic N) is 2. The molecule has 0 radical (unpaired) electrons. The molecule has 2 rings (SSSR count). The van der Waals surface area contributed by atoms with E-state index < -0.39 is 0 Å². The fraction of sp³-hybridized carbons (Fsp3) is 0.444. The van der Waals surface area contributed by atoms with Crippen molar-refractivity contribution >= 4 is 11.6 Å². The Hall–Kier alpha value is -2.10. The highest BCUT2D eigenvalue weighted by Gasteiger charge is 2.16. The van der Waals surface area contributed by atoms with Crippen molar-refractivity contribution in [2.75, 3.05) is 5.32 Å². The molecule has 4 heteroatoms. The molecule has 1 N–H and O–H groups in total. The fourth-order valence-corrected chi connectivity index (χ4v) is 2.89. The van der Waals surface area contributed by atoms with Crippen LogP contribution < -0.4 is 5.32 Å². The van der Waals surface area contributed by atoms with Gasteiger partial charge in [0.15, 0.2) is 0 Å². The Morgan fingerprint density at radius 2 is 1.95 bits per heavy atom. The van der Waals surface area contributed by atoms with Gasteiger partial charge in [0, 0.05) is 18.9 Å². The number of para-hydroxylation sites is 1. The van der Waals surface area contributed by atoms with Crippen molar-refractivity contribution in [3.8, 4) is 0 Å². The second kappa shape index (κ2) is 6.77. The van der Waals surface area contributed by atoms with Crippen molar-refractivity contribution in [3.63, 3.8) is 0 Å². The van der Waals surface area contributed by atoms with Gasteiger partial charge in [-0.15, -0.1) is 0 Å². The zero-order chi connectivity index (χ0) is 16.3. The molecule has 0 bridgehead atoms. The standard InChI is InChI=1S/C18H25N3O/c1-12(2)10-13(3)15-8-6-7-9-17(15)19-18(22)16-11-21(5)20-14(16)4/h6-9,11-13H,10H2,1-5H3,(H,19,22). The van der Waals surface area contributed by atoms with Crippen LogP contribution in [0, 0.1) is 12.8 Å². The largest absolute Gasteiger partial charge is 0.322 e. The number of aromatic nitrogens is 2. The van der Waals surface area contributed by atoms with Crippen LogP contribution in [0.4, 0.5) is 5.69 Å². The summed E-state index contributed by atoms with van der Waals surface area (Å²) in [5.74, 6) is 0.931. The molecule has 0 saturated carbocycles. The van der Waals surface area contributed by atoms with Crippen molar-refractivity contribution in [1.82, 2.24) is 9.78 Å². The van der Waals surface area contributed by atoms with Crippen LogP contribution in [0.3, 0.4) is 0 Å². The molecule has 118 valence electrons. The molecule has 1 amide bonds. The number of nitrogens with one attached hydrogen (secondary N) is 1. The number of rotatable bonds is 5. The van der Waals surface area contributed by atoms with Crippen LogP contribution in [0.2, 0.25) is 0 Å². The van der Waals surface area contributed by atoms with Gasteiger partial charge in [0.1, 0.15) is 0 Å². The van der Waals surface area contributed by atoms with Gasteiger partial charge < -0.3 is 5.32 Å². The maximum absolute atomic E-state index is 12.5. The molecule has 0 aliphatic carbocycles. The third-order valence-electron chi connectivity index (χ3n) is 3.82. The summed E-state index contributed by atoms with van der Waals surface area (Å²) < 4.78 is 1.66. The Balaban J connectivity index is 2.23. The van der Waals surface area contributed by atoms with Crippen LogP contribution in [-0.4, -0.2) is 15.7 Å². The number of carbonyl (C=O) groups excluding carboxylic acids is 1. The number of amides is 1. The minimum atomic E-state index is -0.102. The van der Waals surface area contributed by atoms with Gasteiger partial charge in [0.2, 0.25) is 0 Å². The lowest BCUT2D eigenvalue weighted by atomic mass is 9.91. The van der Waals surface area contributed by atoms with E-state index in [1.807, 2.05) is 32.2 Å². The monoisotopic (exact) mass is 299 g/mol. The third-order valence-corrected chi connectivity index (χ3v) is 3.82. The molecule has 1 aromatic heterocycles. The predicted octanol–water partition coefficient (Wildman–Crippen LogP) is 4.13. The lowest BCUT2D eigenvalue weighted by Crippen LogP contribution is -2.14. The summed E-state index contributed by atoms with van der Waals surface area (Å²) in [5, 5.41) is 7.27. The summed E-state index contributed by atoms with van der Waals surface area (Å²) in [6, 6.07) is 8.04. The number of anilines is 1. The van der Waals surface area contributed by atoms with Crippen molar-refractivity contribution in [1.29, 1.82) is 0 Å². The molecule has 4 nitrogen and oxygen atoms in total. The zero-order valence-electron chi connectivity index (χ0n) is 14.1. The Kier molecular flexibility index (Phi) is 5.01. The van der Waals surface area contributed by atoms with Crippen LogP contribution in [0.25, 0.3) is 0 Å². The van der Waals surface area contributed by atoms with Crippen molar-refractivity contribution in [3.05, 3.63) is 47.3 Å². The molecular formula is C18H25N3O. The SMILES string of the molecule is Cc1nn(C)cc1C(=O)Nc1ccccc1C(C)CC(C)C. The number of hydrogen-bond acceptors (Lipinski definition) is 2. The van der Waals surface area contributed by atoms with Gasteiger partial charge in [0.05, 0.1) is 11.3 Å². The van der Waals surface area contributed by atoms with E-state index >= 15 is 0 Å².